The van der Waals surface area contributed by atoms with Gasteiger partial charge < -0.3 is 0 Å². The number of halogens is 1. The Morgan fingerprint density at radius 3 is 2.58 bits per heavy atom. The van der Waals surface area contributed by atoms with Crippen molar-refractivity contribution >= 4 is 23.3 Å². The molecule has 1 fully saturated rings. The Kier molecular flexibility index (Phi) is 4.47. The van der Waals surface area contributed by atoms with Gasteiger partial charge in [-0.2, -0.15) is 5.10 Å². The first-order valence-corrected chi connectivity index (χ1v) is 9.02. The molecule has 1 aromatic carbocycles. The van der Waals surface area contributed by atoms with Gasteiger partial charge in [0.25, 0.3) is 0 Å². The summed E-state index contributed by atoms with van der Waals surface area (Å²) in [6.45, 7) is 2.66. The Bertz CT molecular complexity index is 921. The predicted octanol–water partition coefficient (Wildman–Crippen LogP) is 4.34. The summed E-state index contributed by atoms with van der Waals surface area (Å²) >= 11 is 5.96. The molecule has 1 saturated heterocycles. The monoisotopic (exact) mass is 366 g/mol. The summed E-state index contributed by atoms with van der Waals surface area (Å²) in [6, 6.07) is 11.6. The van der Waals surface area contributed by atoms with Crippen molar-refractivity contribution in [2.75, 3.05) is 11.4 Å². The lowest BCUT2D eigenvalue weighted by Crippen LogP contribution is -2.38. The van der Waals surface area contributed by atoms with Crippen LogP contribution in [-0.4, -0.2) is 27.6 Å². The Morgan fingerprint density at radius 1 is 1.15 bits per heavy atom. The maximum absolute atomic E-state index is 12.8. The van der Waals surface area contributed by atoms with Crippen molar-refractivity contribution in [1.82, 2.24) is 15.2 Å². The Morgan fingerprint density at radius 2 is 1.88 bits per heavy atom. The summed E-state index contributed by atoms with van der Waals surface area (Å²) in [5.41, 5.74) is 3.99. The third-order valence-corrected chi connectivity index (χ3v) is 5.22. The van der Waals surface area contributed by atoms with Crippen LogP contribution >= 0.6 is 11.6 Å². The van der Waals surface area contributed by atoms with E-state index >= 15 is 0 Å². The second-order valence-corrected chi connectivity index (χ2v) is 7.00. The van der Waals surface area contributed by atoms with Crippen molar-refractivity contribution in [1.29, 1.82) is 0 Å². The highest BCUT2D eigenvalue weighted by atomic mass is 35.5. The van der Waals surface area contributed by atoms with Gasteiger partial charge in [0.15, 0.2) is 0 Å². The Balaban J connectivity index is 1.54. The van der Waals surface area contributed by atoms with E-state index in [1.807, 2.05) is 48.2 Å². The fourth-order valence-corrected chi connectivity index (χ4v) is 3.66. The van der Waals surface area contributed by atoms with Crippen LogP contribution in [0.4, 0.5) is 5.82 Å². The molecule has 0 aliphatic carbocycles. The van der Waals surface area contributed by atoms with Gasteiger partial charge in [-0.3, -0.25) is 19.8 Å². The van der Waals surface area contributed by atoms with Gasteiger partial charge in [0.05, 0.1) is 5.69 Å². The van der Waals surface area contributed by atoms with Crippen LogP contribution in [0.15, 0.2) is 48.8 Å². The van der Waals surface area contributed by atoms with Crippen LogP contribution in [0, 0.1) is 6.92 Å². The molecule has 2 aromatic heterocycles. The summed E-state index contributed by atoms with van der Waals surface area (Å²) in [7, 11) is 0. The second kappa shape index (κ2) is 6.92. The normalized spacial score (nSPS) is 17.5. The molecule has 1 N–H and O–H groups in total. The van der Waals surface area contributed by atoms with E-state index < -0.39 is 0 Å². The number of piperidine rings is 1. The average Bonchev–Trinajstić information content (AvgIpc) is 3.04. The molecule has 0 radical (unpaired) electrons. The topological polar surface area (TPSA) is 61.9 Å². The summed E-state index contributed by atoms with van der Waals surface area (Å²) in [4.78, 5) is 18.6. The minimum Gasteiger partial charge on any atom is -0.297 e. The van der Waals surface area contributed by atoms with Gasteiger partial charge in [0.1, 0.15) is 5.82 Å². The molecular weight excluding hydrogens is 348 g/mol. The standard InChI is InChI=1S/C20H19ClN4O/c1-13-19(15-6-9-22-10-7-15)23-24-20(13)25-11-8-16(12-18(25)26)14-2-4-17(21)5-3-14/h2-7,9-10,16H,8,11-12H2,1H3,(H,23,24). The van der Waals surface area contributed by atoms with Crippen molar-refractivity contribution in [2.24, 2.45) is 0 Å². The molecule has 4 rings (SSSR count). The zero-order valence-electron chi connectivity index (χ0n) is 14.4. The molecule has 3 heterocycles. The minimum absolute atomic E-state index is 0.115. The molecule has 0 spiro atoms. The van der Waals surface area contributed by atoms with Gasteiger partial charge in [-0.05, 0) is 49.1 Å². The second-order valence-electron chi connectivity index (χ2n) is 6.57. The van der Waals surface area contributed by atoms with Crippen molar-refractivity contribution in [3.8, 4) is 11.3 Å². The quantitative estimate of drug-likeness (QED) is 0.749. The molecule has 0 bridgehead atoms. The van der Waals surface area contributed by atoms with Crippen LogP contribution in [0.3, 0.4) is 0 Å². The summed E-state index contributed by atoms with van der Waals surface area (Å²) in [5.74, 6) is 1.14. The SMILES string of the molecule is Cc1c(-c2ccncc2)n[nH]c1N1CCC(c2ccc(Cl)cc2)CC1=O. The number of benzene rings is 1. The maximum atomic E-state index is 12.8. The summed E-state index contributed by atoms with van der Waals surface area (Å²) in [6.07, 6.45) is 4.89. The molecular formula is C20H19ClN4O. The largest absolute Gasteiger partial charge is 0.297 e. The number of carbonyl (C=O) groups is 1. The van der Waals surface area contributed by atoms with Gasteiger partial charge >= 0.3 is 0 Å². The molecule has 1 aliphatic heterocycles. The molecule has 1 atom stereocenters. The number of nitrogens with zero attached hydrogens (tertiary/aromatic N) is 3. The maximum Gasteiger partial charge on any atom is 0.228 e. The van der Waals surface area contributed by atoms with E-state index in [0.717, 1.165) is 29.1 Å². The van der Waals surface area contributed by atoms with E-state index in [2.05, 4.69) is 15.2 Å². The number of rotatable bonds is 3. The fourth-order valence-electron chi connectivity index (χ4n) is 3.53. The van der Waals surface area contributed by atoms with E-state index in [4.69, 9.17) is 11.6 Å². The number of hydrogen-bond acceptors (Lipinski definition) is 3. The van der Waals surface area contributed by atoms with Crippen molar-refractivity contribution in [2.45, 2.75) is 25.7 Å². The van der Waals surface area contributed by atoms with Crippen molar-refractivity contribution < 1.29 is 4.79 Å². The first-order chi connectivity index (χ1) is 12.6. The molecule has 3 aromatic rings. The van der Waals surface area contributed by atoms with Crippen molar-refractivity contribution in [3.63, 3.8) is 0 Å². The number of H-pyrrole nitrogens is 1. The number of carbonyl (C=O) groups excluding carboxylic acids is 1. The number of aromatic amines is 1. The van der Waals surface area contributed by atoms with Gasteiger partial charge in [0, 0.05) is 41.5 Å². The summed E-state index contributed by atoms with van der Waals surface area (Å²) < 4.78 is 0. The highest BCUT2D eigenvalue weighted by Crippen LogP contribution is 2.34. The average molecular weight is 367 g/mol. The zero-order chi connectivity index (χ0) is 18.1. The van der Waals surface area contributed by atoms with Crippen LogP contribution < -0.4 is 4.90 Å². The number of pyridine rings is 1. The van der Waals surface area contributed by atoms with Gasteiger partial charge in [-0.1, -0.05) is 23.7 Å². The lowest BCUT2D eigenvalue weighted by atomic mass is 9.89. The van der Waals surface area contributed by atoms with Gasteiger partial charge in [-0.25, -0.2) is 0 Å². The molecule has 26 heavy (non-hydrogen) atoms. The predicted molar refractivity (Wildman–Crippen MR) is 102 cm³/mol. The molecule has 6 heteroatoms. The van der Waals surface area contributed by atoms with E-state index in [1.165, 1.54) is 5.56 Å². The van der Waals surface area contributed by atoms with E-state index in [0.29, 0.717) is 18.0 Å². The number of anilines is 1. The third-order valence-electron chi connectivity index (χ3n) is 4.97. The number of aromatic nitrogens is 3. The molecule has 0 saturated carbocycles. The molecule has 1 aliphatic rings. The van der Waals surface area contributed by atoms with Gasteiger partial charge in [0.2, 0.25) is 5.91 Å². The van der Waals surface area contributed by atoms with Crippen LogP contribution in [0.1, 0.15) is 29.9 Å². The molecule has 1 amide bonds. The van der Waals surface area contributed by atoms with Crippen LogP contribution in [-0.2, 0) is 4.79 Å². The number of amides is 1. The lowest BCUT2D eigenvalue weighted by molar-refractivity contribution is -0.120. The smallest absolute Gasteiger partial charge is 0.228 e. The first-order valence-electron chi connectivity index (χ1n) is 8.64. The van der Waals surface area contributed by atoms with Crippen molar-refractivity contribution in [3.05, 3.63) is 64.9 Å². The lowest BCUT2D eigenvalue weighted by Gasteiger charge is -2.31. The number of nitrogens with one attached hydrogen (secondary N) is 1. The van der Waals surface area contributed by atoms with Crippen LogP contribution in [0.2, 0.25) is 5.02 Å². The number of hydrogen-bond donors (Lipinski definition) is 1. The van der Waals surface area contributed by atoms with Crippen LogP contribution in [0.5, 0.6) is 0 Å². The first kappa shape index (κ1) is 16.8. The Labute approximate surface area is 157 Å². The zero-order valence-corrected chi connectivity index (χ0v) is 15.2. The highest BCUT2D eigenvalue weighted by molar-refractivity contribution is 6.30. The third kappa shape index (κ3) is 3.10. The van der Waals surface area contributed by atoms with Crippen LogP contribution in [0.25, 0.3) is 11.3 Å². The van der Waals surface area contributed by atoms with E-state index in [-0.39, 0.29) is 11.8 Å². The summed E-state index contributed by atoms with van der Waals surface area (Å²) in [5, 5.41) is 8.19. The van der Waals surface area contributed by atoms with E-state index in [1.54, 1.807) is 12.4 Å². The molecule has 1 unspecified atom stereocenters. The molecule has 132 valence electrons. The fraction of sp³-hybridized carbons (Fsp3) is 0.250. The molecule has 5 nitrogen and oxygen atoms in total. The highest BCUT2D eigenvalue weighted by Gasteiger charge is 2.30. The van der Waals surface area contributed by atoms with E-state index in [9.17, 15) is 4.79 Å². The minimum atomic E-state index is 0.115. The Hall–Kier alpha value is -2.66. The van der Waals surface area contributed by atoms with Gasteiger partial charge in [-0.15, -0.1) is 0 Å².